The maximum absolute atomic E-state index is 11.5. The average Bonchev–Trinajstić information content (AvgIpc) is 2.67. The number of methoxy groups -OCH3 is 1. The van der Waals surface area contributed by atoms with Crippen molar-refractivity contribution < 1.29 is 14.4 Å². The summed E-state index contributed by atoms with van der Waals surface area (Å²) in [5.41, 5.74) is 0.519. The summed E-state index contributed by atoms with van der Waals surface area (Å²) in [5.74, 6) is 0.959. The van der Waals surface area contributed by atoms with Gasteiger partial charge >= 0.3 is 11.6 Å². The van der Waals surface area contributed by atoms with Crippen molar-refractivity contribution >= 4 is 11.5 Å². The van der Waals surface area contributed by atoms with Crippen LogP contribution in [0.5, 0.6) is 17.4 Å². The molecule has 1 aromatic carbocycles. The third-order valence-electron chi connectivity index (χ3n) is 3.43. The van der Waals surface area contributed by atoms with Crippen LogP contribution in [0.15, 0.2) is 55.1 Å². The van der Waals surface area contributed by atoms with Crippen molar-refractivity contribution in [3.8, 4) is 17.4 Å². The Labute approximate surface area is 148 Å². The molecule has 9 heteroatoms. The van der Waals surface area contributed by atoms with Gasteiger partial charge in [-0.05, 0) is 35.9 Å². The van der Waals surface area contributed by atoms with E-state index in [2.05, 4.69) is 20.3 Å². The van der Waals surface area contributed by atoms with Crippen LogP contribution in [0.2, 0.25) is 0 Å². The number of hydrogen-bond donors (Lipinski definition) is 1. The summed E-state index contributed by atoms with van der Waals surface area (Å²) >= 11 is 0. The fourth-order valence-corrected chi connectivity index (χ4v) is 2.18. The molecule has 0 radical (unpaired) electrons. The molecule has 0 saturated heterocycles. The van der Waals surface area contributed by atoms with Crippen molar-refractivity contribution in [2.45, 2.75) is 6.54 Å². The van der Waals surface area contributed by atoms with E-state index in [9.17, 15) is 10.1 Å². The lowest BCUT2D eigenvalue weighted by atomic mass is 10.3. The number of anilines is 1. The number of nitro groups is 1. The zero-order chi connectivity index (χ0) is 18.4. The van der Waals surface area contributed by atoms with Gasteiger partial charge in [0.2, 0.25) is 5.82 Å². The lowest BCUT2D eigenvalue weighted by Crippen LogP contribution is -2.07. The highest BCUT2D eigenvalue weighted by atomic mass is 16.6. The normalized spacial score (nSPS) is 10.2. The molecular weight excluding hydrogens is 338 g/mol. The number of rotatable bonds is 7. The number of benzene rings is 1. The highest BCUT2D eigenvalue weighted by molar-refractivity contribution is 5.61. The first-order valence-corrected chi connectivity index (χ1v) is 7.61. The number of hydrogen-bond acceptors (Lipinski definition) is 8. The summed E-state index contributed by atoms with van der Waals surface area (Å²) in [6.07, 6.45) is 4.52. The minimum atomic E-state index is -0.579. The van der Waals surface area contributed by atoms with Gasteiger partial charge in [-0.15, -0.1) is 0 Å². The summed E-state index contributed by atoms with van der Waals surface area (Å²) in [4.78, 5) is 22.8. The molecule has 0 saturated carbocycles. The summed E-state index contributed by atoms with van der Waals surface area (Å²) in [5, 5.41) is 14.4. The van der Waals surface area contributed by atoms with Gasteiger partial charge in [-0.2, -0.15) is 4.98 Å². The Hall–Kier alpha value is -3.75. The molecule has 26 heavy (non-hydrogen) atoms. The van der Waals surface area contributed by atoms with Gasteiger partial charge in [0, 0.05) is 18.9 Å². The minimum Gasteiger partial charge on any atom is -0.497 e. The molecular formula is C17H15N5O4. The first-order chi connectivity index (χ1) is 12.7. The second-order valence-electron chi connectivity index (χ2n) is 5.13. The molecule has 0 unspecified atom stereocenters. The molecule has 2 aromatic heterocycles. The van der Waals surface area contributed by atoms with Gasteiger partial charge in [-0.25, -0.2) is 4.98 Å². The van der Waals surface area contributed by atoms with E-state index in [0.29, 0.717) is 18.0 Å². The minimum absolute atomic E-state index is 0.0670. The first-order valence-electron chi connectivity index (χ1n) is 7.61. The average molecular weight is 353 g/mol. The van der Waals surface area contributed by atoms with Gasteiger partial charge in [0.15, 0.2) is 0 Å². The van der Waals surface area contributed by atoms with Crippen LogP contribution in [0.4, 0.5) is 11.5 Å². The summed E-state index contributed by atoms with van der Waals surface area (Å²) in [6, 6.07) is 10.3. The van der Waals surface area contributed by atoms with Crippen LogP contribution < -0.4 is 14.8 Å². The Morgan fingerprint density at radius 2 is 1.92 bits per heavy atom. The fraction of sp³-hybridized carbons (Fsp3) is 0.118. The molecule has 1 N–H and O–H groups in total. The van der Waals surface area contributed by atoms with Gasteiger partial charge < -0.3 is 14.8 Å². The van der Waals surface area contributed by atoms with Crippen LogP contribution in [0, 0.1) is 10.1 Å². The van der Waals surface area contributed by atoms with Gasteiger partial charge in [-0.3, -0.25) is 15.1 Å². The molecule has 0 spiro atoms. The van der Waals surface area contributed by atoms with Crippen LogP contribution in [0.1, 0.15) is 5.56 Å². The molecule has 3 rings (SSSR count). The van der Waals surface area contributed by atoms with Crippen molar-refractivity contribution in [2.24, 2.45) is 0 Å². The van der Waals surface area contributed by atoms with Crippen molar-refractivity contribution in [1.29, 1.82) is 0 Å². The number of pyridine rings is 1. The number of aromatic nitrogens is 3. The first kappa shape index (κ1) is 17.1. The van der Waals surface area contributed by atoms with Gasteiger partial charge in [0.05, 0.1) is 12.0 Å². The second kappa shape index (κ2) is 7.88. The van der Waals surface area contributed by atoms with E-state index < -0.39 is 4.92 Å². The Morgan fingerprint density at radius 3 is 2.58 bits per heavy atom. The highest BCUT2D eigenvalue weighted by Crippen LogP contribution is 2.34. The van der Waals surface area contributed by atoms with Crippen LogP contribution in [-0.2, 0) is 6.54 Å². The standard InChI is InChI=1S/C17H15N5O4/c1-25-13-4-6-14(7-5-13)26-17-15(22(23)24)16(20-11-21-17)19-10-12-3-2-8-18-9-12/h2-9,11H,10H2,1H3,(H,19,20,21). The Kier molecular flexibility index (Phi) is 5.18. The number of nitrogens with zero attached hydrogens (tertiary/aromatic N) is 4. The molecule has 0 aliphatic heterocycles. The number of nitrogens with one attached hydrogen (secondary N) is 1. The van der Waals surface area contributed by atoms with Crippen LogP contribution in [-0.4, -0.2) is 27.0 Å². The largest absolute Gasteiger partial charge is 0.497 e. The maximum Gasteiger partial charge on any atom is 0.373 e. The van der Waals surface area contributed by atoms with E-state index in [0.717, 1.165) is 5.56 Å². The van der Waals surface area contributed by atoms with Crippen LogP contribution in [0.25, 0.3) is 0 Å². The SMILES string of the molecule is COc1ccc(Oc2ncnc(NCc3cccnc3)c2[N+](=O)[O-])cc1. The van der Waals surface area contributed by atoms with Crippen molar-refractivity contribution in [3.05, 3.63) is 70.8 Å². The quantitative estimate of drug-likeness (QED) is 0.509. The summed E-state index contributed by atoms with van der Waals surface area (Å²) in [6.45, 7) is 0.327. The van der Waals surface area contributed by atoms with E-state index >= 15 is 0 Å². The Bertz CT molecular complexity index is 887. The molecule has 0 bridgehead atoms. The number of ether oxygens (including phenoxy) is 2. The predicted octanol–water partition coefficient (Wildman–Crippen LogP) is 3.19. The van der Waals surface area contributed by atoms with E-state index in [-0.39, 0.29) is 17.4 Å². The molecule has 0 fully saturated rings. The molecule has 0 amide bonds. The summed E-state index contributed by atoms with van der Waals surface area (Å²) in [7, 11) is 1.55. The van der Waals surface area contributed by atoms with Gasteiger partial charge in [0.25, 0.3) is 0 Å². The van der Waals surface area contributed by atoms with E-state index in [4.69, 9.17) is 9.47 Å². The van der Waals surface area contributed by atoms with Gasteiger partial charge in [-0.1, -0.05) is 6.07 Å². The topological polar surface area (TPSA) is 112 Å². The maximum atomic E-state index is 11.5. The molecule has 0 aliphatic carbocycles. The fourth-order valence-electron chi connectivity index (χ4n) is 2.18. The third-order valence-corrected chi connectivity index (χ3v) is 3.43. The molecule has 9 nitrogen and oxygen atoms in total. The monoisotopic (exact) mass is 353 g/mol. The lowest BCUT2D eigenvalue weighted by molar-refractivity contribution is -0.385. The molecule has 0 atom stereocenters. The van der Waals surface area contributed by atoms with Crippen molar-refractivity contribution in [1.82, 2.24) is 15.0 Å². The zero-order valence-electron chi connectivity index (χ0n) is 13.8. The summed E-state index contributed by atoms with van der Waals surface area (Å²) < 4.78 is 10.6. The third kappa shape index (κ3) is 4.01. The highest BCUT2D eigenvalue weighted by Gasteiger charge is 2.25. The molecule has 3 aromatic rings. The van der Waals surface area contributed by atoms with Crippen LogP contribution >= 0.6 is 0 Å². The van der Waals surface area contributed by atoms with E-state index in [1.165, 1.54) is 6.33 Å². The van der Waals surface area contributed by atoms with Crippen LogP contribution in [0.3, 0.4) is 0 Å². The van der Waals surface area contributed by atoms with E-state index in [1.807, 2.05) is 6.07 Å². The van der Waals surface area contributed by atoms with Gasteiger partial charge in [0.1, 0.15) is 17.8 Å². The lowest BCUT2D eigenvalue weighted by Gasteiger charge is -2.09. The van der Waals surface area contributed by atoms with Crippen molar-refractivity contribution in [2.75, 3.05) is 12.4 Å². The molecule has 0 aliphatic rings. The Morgan fingerprint density at radius 1 is 1.15 bits per heavy atom. The Balaban J connectivity index is 1.84. The zero-order valence-corrected chi connectivity index (χ0v) is 13.8. The predicted molar refractivity (Wildman–Crippen MR) is 93.3 cm³/mol. The second-order valence-corrected chi connectivity index (χ2v) is 5.13. The van der Waals surface area contributed by atoms with Crippen molar-refractivity contribution in [3.63, 3.8) is 0 Å². The molecule has 2 heterocycles. The van der Waals surface area contributed by atoms with E-state index in [1.54, 1.807) is 49.8 Å². The smallest absolute Gasteiger partial charge is 0.373 e. The molecule has 132 valence electrons.